The van der Waals surface area contributed by atoms with E-state index in [2.05, 4.69) is 9.97 Å². The average Bonchev–Trinajstić information content (AvgIpc) is 3.16. The van der Waals surface area contributed by atoms with Crippen LogP contribution in [0, 0.1) is 5.82 Å². The highest BCUT2D eigenvalue weighted by atomic mass is 19.1. The minimum absolute atomic E-state index is 0.161. The van der Waals surface area contributed by atoms with Crippen LogP contribution in [0.4, 0.5) is 4.39 Å². The fourth-order valence-electron chi connectivity index (χ4n) is 3.62. The summed E-state index contributed by atoms with van der Waals surface area (Å²) in [6, 6.07) is 16.1. The summed E-state index contributed by atoms with van der Waals surface area (Å²) in [6.45, 7) is 0.962. The van der Waals surface area contributed by atoms with Gasteiger partial charge in [-0.3, -0.25) is 4.79 Å². The molecule has 0 saturated carbocycles. The number of fused-ring (bicyclic) bond motifs is 2. The third-order valence-corrected chi connectivity index (χ3v) is 5.17. The van der Waals surface area contributed by atoms with Crippen LogP contribution in [-0.2, 0) is 6.54 Å². The van der Waals surface area contributed by atoms with Gasteiger partial charge in [-0.05, 0) is 35.9 Å². The van der Waals surface area contributed by atoms with Crippen LogP contribution in [0.5, 0.6) is 5.75 Å². The number of amides is 1. The van der Waals surface area contributed by atoms with Gasteiger partial charge in [-0.15, -0.1) is 0 Å². The van der Waals surface area contributed by atoms with Crippen LogP contribution in [-0.4, -0.2) is 33.9 Å². The molecule has 144 valence electrons. The average molecular weight is 387 g/mol. The minimum Gasteiger partial charge on any atom is -0.491 e. The molecule has 0 spiro atoms. The zero-order chi connectivity index (χ0) is 19.8. The fourth-order valence-corrected chi connectivity index (χ4v) is 3.62. The summed E-state index contributed by atoms with van der Waals surface area (Å²) in [5.41, 5.74) is 3.68. The number of nitrogens with one attached hydrogen (secondary N) is 1. The van der Waals surface area contributed by atoms with E-state index in [1.807, 2.05) is 30.5 Å². The van der Waals surface area contributed by atoms with Crippen molar-refractivity contribution >= 4 is 16.9 Å². The smallest absolute Gasteiger partial charge is 0.258 e. The zero-order valence-corrected chi connectivity index (χ0v) is 15.6. The van der Waals surface area contributed by atoms with Crippen molar-refractivity contribution in [1.82, 2.24) is 14.9 Å². The van der Waals surface area contributed by atoms with Crippen molar-refractivity contribution in [2.75, 3.05) is 13.2 Å². The summed E-state index contributed by atoms with van der Waals surface area (Å²) in [7, 11) is 0. The molecule has 0 saturated heterocycles. The third kappa shape index (κ3) is 3.23. The molecule has 0 unspecified atom stereocenters. The topological polar surface area (TPSA) is 58.2 Å². The Morgan fingerprint density at radius 2 is 2.00 bits per heavy atom. The molecule has 0 bridgehead atoms. The maximum Gasteiger partial charge on any atom is 0.258 e. The Hall–Kier alpha value is -3.67. The number of H-pyrrole nitrogens is 1. The number of pyridine rings is 1. The first-order valence-corrected chi connectivity index (χ1v) is 9.42. The van der Waals surface area contributed by atoms with E-state index in [-0.39, 0.29) is 18.3 Å². The molecule has 1 N–H and O–H groups in total. The van der Waals surface area contributed by atoms with Crippen LogP contribution in [0.15, 0.2) is 67.0 Å². The monoisotopic (exact) mass is 387 g/mol. The molecule has 0 radical (unpaired) electrons. The van der Waals surface area contributed by atoms with Gasteiger partial charge in [0, 0.05) is 35.5 Å². The number of aromatic amines is 1. The van der Waals surface area contributed by atoms with E-state index in [0.717, 1.165) is 22.2 Å². The second kappa shape index (κ2) is 7.05. The molecule has 3 heterocycles. The second-order valence-corrected chi connectivity index (χ2v) is 7.02. The van der Waals surface area contributed by atoms with E-state index < -0.39 is 0 Å². The predicted molar refractivity (Wildman–Crippen MR) is 108 cm³/mol. The Bertz CT molecular complexity index is 1220. The van der Waals surface area contributed by atoms with Crippen molar-refractivity contribution in [2.24, 2.45) is 0 Å². The molecule has 29 heavy (non-hydrogen) atoms. The fraction of sp³-hybridized carbons (Fsp3) is 0.130. The van der Waals surface area contributed by atoms with Crippen molar-refractivity contribution in [3.05, 3.63) is 83.9 Å². The number of hydrogen-bond donors (Lipinski definition) is 1. The molecule has 2 aromatic carbocycles. The maximum absolute atomic E-state index is 14.0. The Morgan fingerprint density at radius 3 is 2.90 bits per heavy atom. The number of benzene rings is 2. The molecule has 0 fully saturated rings. The van der Waals surface area contributed by atoms with Crippen LogP contribution < -0.4 is 4.74 Å². The van der Waals surface area contributed by atoms with Crippen molar-refractivity contribution in [1.29, 1.82) is 0 Å². The van der Waals surface area contributed by atoms with Crippen molar-refractivity contribution in [2.45, 2.75) is 6.54 Å². The van der Waals surface area contributed by atoms with Gasteiger partial charge in [-0.1, -0.05) is 24.3 Å². The van der Waals surface area contributed by atoms with Gasteiger partial charge in [0.2, 0.25) is 0 Å². The molecule has 6 heteroatoms. The summed E-state index contributed by atoms with van der Waals surface area (Å²) < 4.78 is 19.9. The molecule has 4 aromatic rings. The van der Waals surface area contributed by atoms with Crippen LogP contribution in [0.2, 0.25) is 0 Å². The standard InChI is InChI=1S/C23H18FN3O2/c24-20-4-2-1-3-17(20)14-27-9-10-29-21-12-15(5-6-19(21)23(27)28)18-11-16-7-8-25-22(16)26-13-18/h1-8,11-13H,9-10,14H2,(H,25,26). The lowest BCUT2D eigenvalue weighted by Crippen LogP contribution is -2.32. The first-order valence-electron chi connectivity index (χ1n) is 9.42. The van der Waals surface area contributed by atoms with Gasteiger partial charge in [-0.2, -0.15) is 0 Å². The summed E-state index contributed by atoms with van der Waals surface area (Å²) in [5.74, 6) is 0.0675. The zero-order valence-electron chi connectivity index (χ0n) is 15.6. The third-order valence-electron chi connectivity index (χ3n) is 5.17. The number of halogens is 1. The van der Waals surface area contributed by atoms with Crippen LogP contribution in [0.3, 0.4) is 0 Å². The van der Waals surface area contributed by atoms with E-state index in [4.69, 9.17) is 4.74 Å². The van der Waals surface area contributed by atoms with E-state index in [1.54, 1.807) is 35.4 Å². The number of aromatic nitrogens is 2. The molecule has 1 aliphatic heterocycles. The van der Waals surface area contributed by atoms with Gasteiger partial charge < -0.3 is 14.6 Å². The summed E-state index contributed by atoms with van der Waals surface area (Å²) in [5, 5.41) is 1.02. The van der Waals surface area contributed by atoms with Crippen LogP contribution in [0.1, 0.15) is 15.9 Å². The SMILES string of the molecule is O=C1c2ccc(-c3cnc4[nH]ccc4c3)cc2OCCN1Cc1ccccc1F. The van der Waals surface area contributed by atoms with Gasteiger partial charge in [0.05, 0.1) is 12.1 Å². The van der Waals surface area contributed by atoms with E-state index in [9.17, 15) is 9.18 Å². The number of rotatable bonds is 3. The summed E-state index contributed by atoms with van der Waals surface area (Å²) >= 11 is 0. The number of carbonyl (C=O) groups excluding carboxylic acids is 1. The molecule has 2 aromatic heterocycles. The highest BCUT2D eigenvalue weighted by Crippen LogP contribution is 2.31. The highest BCUT2D eigenvalue weighted by molar-refractivity contribution is 5.98. The van der Waals surface area contributed by atoms with Crippen molar-refractivity contribution in [3.8, 4) is 16.9 Å². The quantitative estimate of drug-likeness (QED) is 0.567. The largest absolute Gasteiger partial charge is 0.491 e. The van der Waals surface area contributed by atoms with E-state index in [0.29, 0.717) is 30.0 Å². The number of carbonyl (C=O) groups is 1. The van der Waals surface area contributed by atoms with Crippen molar-refractivity contribution < 1.29 is 13.9 Å². The van der Waals surface area contributed by atoms with Gasteiger partial charge >= 0.3 is 0 Å². The Morgan fingerprint density at radius 1 is 1.10 bits per heavy atom. The molecular weight excluding hydrogens is 369 g/mol. The predicted octanol–water partition coefficient (Wildman–Crippen LogP) is 4.40. The minimum atomic E-state index is -0.311. The van der Waals surface area contributed by atoms with Crippen molar-refractivity contribution in [3.63, 3.8) is 0 Å². The molecular formula is C23H18FN3O2. The number of nitrogens with zero attached hydrogens (tertiary/aromatic N) is 2. The van der Waals surface area contributed by atoms with Gasteiger partial charge in [-0.25, -0.2) is 9.37 Å². The normalized spacial score (nSPS) is 13.8. The number of hydrogen-bond acceptors (Lipinski definition) is 3. The summed E-state index contributed by atoms with van der Waals surface area (Å²) in [4.78, 5) is 22.2. The molecule has 1 aliphatic rings. The lowest BCUT2D eigenvalue weighted by Gasteiger charge is -2.20. The lowest BCUT2D eigenvalue weighted by molar-refractivity contribution is 0.0741. The Balaban J connectivity index is 1.46. The van der Waals surface area contributed by atoms with Gasteiger partial charge in [0.25, 0.3) is 5.91 Å². The van der Waals surface area contributed by atoms with Gasteiger partial charge in [0.1, 0.15) is 23.8 Å². The molecule has 1 amide bonds. The first kappa shape index (κ1) is 17.4. The molecule has 0 atom stereocenters. The Labute approximate surface area is 166 Å². The lowest BCUT2D eigenvalue weighted by atomic mass is 10.0. The van der Waals surface area contributed by atoms with Crippen LogP contribution in [0.25, 0.3) is 22.2 Å². The second-order valence-electron chi connectivity index (χ2n) is 7.02. The van der Waals surface area contributed by atoms with E-state index >= 15 is 0 Å². The first-order chi connectivity index (χ1) is 14.2. The van der Waals surface area contributed by atoms with Crippen LogP contribution >= 0.6 is 0 Å². The molecule has 5 rings (SSSR count). The Kier molecular flexibility index (Phi) is 4.24. The van der Waals surface area contributed by atoms with E-state index in [1.165, 1.54) is 6.07 Å². The number of ether oxygens (including phenoxy) is 1. The van der Waals surface area contributed by atoms with Gasteiger partial charge in [0.15, 0.2) is 0 Å². The summed E-state index contributed by atoms with van der Waals surface area (Å²) in [6.07, 6.45) is 3.65. The molecule has 5 nitrogen and oxygen atoms in total. The molecule has 0 aliphatic carbocycles. The maximum atomic E-state index is 14.0. The highest BCUT2D eigenvalue weighted by Gasteiger charge is 2.24.